The van der Waals surface area contributed by atoms with E-state index in [9.17, 15) is 0 Å². The second kappa shape index (κ2) is 5.35. The number of rotatable bonds is 2. The summed E-state index contributed by atoms with van der Waals surface area (Å²) in [5.74, 6) is 1.49. The first-order valence-electron chi connectivity index (χ1n) is 6.58. The number of nitrogens with zero attached hydrogens (tertiary/aromatic N) is 2. The zero-order valence-corrected chi connectivity index (χ0v) is 11.7. The highest BCUT2D eigenvalue weighted by atomic mass is 35.5. The van der Waals surface area contributed by atoms with Crippen LogP contribution < -0.4 is 4.90 Å². The first-order chi connectivity index (χ1) is 9.29. The van der Waals surface area contributed by atoms with Gasteiger partial charge in [0.25, 0.3) is 0 Å². The fraction of sp³-hybridized carbons (Fsp3) is 0.400. The minimum absolute atomic E-state index is 0.337. The van der Waals surface area contributed by atoms with Gasteiger partial charge < -0.3 is 9.64 Å². The maximum absolute atomic E-state index is 6.10. The zero-order chi connectivity index (χ0) is 13.2. The van der Waals surface area contributed by atoms with Crippen LogP contribution in [0.2, 0.25) is 0 Å². The number of hydrogen-bond acceptors (Lipinski definition) is 3. The normalized spacial score (nSPS) is 19.9. The number of fused-ring (bicyclic) bond motifs is 1. The summed E-state index contributed by atoms with van der Waals surface area (Å²) in [6.07, 6.45) is 0. The van der Waals surface area contributed by atoms with E-state index >= 15 is 0 Å². The van der Waals surface area contributed by atoms with Crippen molar-refractivity contribution in [1.29, 1.82) is 0 Å². The molecule has 1 aliphatic rings. The van der Waals surface area contributed by atoms with Crippen molar-refractivity contribution in [2.24, 2.45) is 0 Å². The zero-order valence-electron chi connectivity index (χ0n) is 11.0. The lowest BCUT2D eigenvalue weighted by Crippen LogP contribution is -2.44. The summed E-state index contributed by atoms with van der Waals surface area (Å²) < 4.78 is 5.49. The molecule has 2 aromatic rings. The van der Waals surface area contributed by atoms with E-state index in [1.807, 2.05) is 18.2 Å². The lowest BCUT2D eigenvalue weighted by Gasteiger charge is -2.35. The topological polar surface area (TPSA) is 25.4 Å². The highest BCUT2D eigenvalue weighted by Crippen LogP contribution is 2.27. The second-order valence-corrected chi connectivity index (χ2v) is 5.18. The molecule has 4 heteroatoms. The van der Waals surface area contributed by atoms with Crippen molar-refractivity contribution in [1.82, 2.24) is 4.98 Å². The quantitative estimate of drug-likeness (QED) is 0.788. The van der Waals surface area contributed by atoms with Crippen LogP contribution in [0, 0.1) is 0 Å². The van der Waals surface area contributed by atoms with E-state index in [1.54, 1.807) is 0 Å². The minimum Gasteiger partial charge on any atom is -0.377 e. The van der Waals surface area contributed by atoms with Gasteiger partial charge in [-0.2, -0.15) is 0 Å². The summed E-state index contributed by atoms with van der Waals surface area (Å²) >= 11 is 6.10. The molecule has 0 bridgehead atoms. The molecule has 0 N–H and O–H groups in total. The Bertz CT molecular complexity index is 587. The Kier molecular flexibility index (Phi) is 3.58. The van der Waals surface area contributed by atoms with Crippen LogP contribution in [0.4, 0.5) is 5.82 Å². The summed E-state index contributed by atoms with van der Waals surface area (Å²) in [7, 11) is 0. The molecule has 1 fully saturated rings. The molecular formula is C15H17ClN2O. The Balaban J connectivity index is 2.10. The molecule has 1 saturated heterocycles. The molecule has 1 aromatic carbocycles. The van der Waals surface area contributed by atoms with Gasteiger partial charge in [-0.25, -0.2) is 4.98 Å². The average molecular weight is 277 g/mol. The molecule has 0 amide bonds. The largest absolute Gasteiger partial charge is 0.377 e. The number of benzene rings is 1. The number of para-hydroxylation sites is 1. The number of pyridine rings is 1. The van der Waals surface area contributed by atoms with E-state index in [-0.39, 0.29) is 0 Å². The summed E-state index contributed by atoms with van der Waals surface area (Å²) in [6, 6.07) is 10.6. The number of alkyl halides is 1. The summed E-state index contributed by atoms with van der Waals surface area (Å²) in [6.45, 7) is 4.53. The van der Waals surface area contributed by atoms with Gasteiger partial charge in [0, 0.05) is 17.5 Å². The summed E-state index contributed by atoms with van der Waals surface area (Å²) in [4.78, 5) is 7.11. The molecule has 100 valence electrons. The first-order valence-corrected chi connectivity index (χ1v) is 7.12. The van der Waals surface area contributed by atoms with Gasteiger partial charge in [-0.1, -0.05) is 18.2 Å². The van der Waals surface area contributed by atoms with Crippen molar-refractivity contribution >= 4 is 28.3 Å². The Labute approximate surface area is 118 Å². The van der Waals surface area contributed by atoms with Gasteiger partial charge >= 0.3 is 0 Å². The van der Waals surface area contributed by atoms with Crippen molar-refractivity contribution in [3.8, 4) is 0 Å². The maximum Gasteiger partial charge on any atom is 0.134 e. The van der Waals surface area contributed by atoms with Crippen LogP contribution in [-0.2, 0) is 10.6 Å². The SMILES string of the molecule is CC1COCCN1c1nc2ccccc2cc1CCl. The van der Waals surface area contributed by atoms with Gasteiger partial charge in [0.05, 0.1) is 30.7 Å². The van der Waals surface area contributed by atoms with Crippen LogP contribution in [-0.4, -0.2) is 30.8 Å². The number of anilines is 1. The van der Waals surface area contributed by atoms with Crippen LogP contribution in [0.25, 0.3) is 10.9 Å². The van der Waals surface area contributed by atoms with E-state index in [2.05, 4.69) is 24.0 Å². The highest BCUT2D eigenvalue weighted by Gasteiger charge is 2.22. The van der Waals surface area contributed by atoms with Gasteiger partial charge in [0.15, 0.2) is 0 Å². The van der Waals surface area contributed by atoms with Crippen LogP contribution in [0.3, 0.4) is 0 Å². The lowest BCUT2D eigenvalue weighted by molar-refractivity contribution is 0.0985. The Morgan fingerprint density at radius 2 is 2.26 bits per heavy atom. The molecule has 1 atom stereocenters. The number of aromatic nitrogens is 1. The molecule has 3 nitrogen and oxygen atoms in total. The van der Waals surface area contributed by atoms with Crippen LogP contribution in [0.1, 0.15) is 12.5 Å². The molecule has 3 rings (SSSR count). The molecule has 1 unspecified atom stereocenters. The summed E-state index contributed by atoms with van der Waals surface area (Å²) in [5, 5.41) is 1.14. The van der Waals surface area contributed by atoms with Crippen molar-refractivity contribution in [3.63, 3.8) is 0 Å². The third-order valence-electron chi connectivity index (χ3n) is 3.56. The molecule has 2 heterocycles. The third kappa shape index (κ3) is 2.40. The molecule has 0 spiro atoms. The second-order valence-electron chi connectivity index (χ2n) is 4.91. The minimum atomic E-state index is 0.337. The fourth-order valence-electron chi connectivity index (χ4n) is 2.54. The van der Waals surface area contributed by atoms with Gasteiger partial charge in [-0.3, -0.25) is 0 Å². The number of halogens is 1. The van der Waals surface area contributed by atoms with Gasteiger partial charge in [-0.15, -0.1) is 11.6 Å². The smallest absolute Gasteiger partial charge is 0.134 e. The van der Waals surface area contributed by atoms with Gasteiger partial charge in [0.2, 0.25) is 0 Å². The molecule has 0 radical (unpaired) electrons. The molecular weight excluding hydrogens is 260 g/mol. The number of ether oxygens (including phenoxy) is 1. The number of hydrogen-bond donors (Lipinski definition) is 0. The number of morpholine rings is 1. The Morgan fingerprint density at radius 1 is 1.42 bits per heavy atom. The highest BCUT2D eigenvalue weighted by molar-refractivity contribution is 6.17. The molecule has 0 saturated carbocycles. The molecule has 0 aliphatic carbocycles. The van der Waals surface area contributed by atoms with E-state index < -0.39 is 0 Å². The van der Waals surface area contributed by atoms with Crippen LogP contribution in [0.5, 0.6) is 0 Å². The Hall–Kier alpha value is -1.32. The summed E-state index contributed by atoms with van der Waals surface area (Å²) in [5.41, 5.74) is 2.11. The maximum atomic E-state index is 6.10. The van der Waals surface area contributed by atoms with Crippen LogP contribution in [0.15, 0.2) is 30.3 Å². The standard InChI is InChI=1S/C15H17ClN2O/c1-11-10-19-7-6-18(11)15-13(9-16)8-12-4-2-3-5-14(12)17-15/h2-5,8,11H,6-7,9-10H2,1H3. The van der Waals surface area contributed by atoms with Gasteiger partial charge in [0.1, 0.15) is 5.82 Å². The van der Waals surface area contributed by atoms with E-state index in [0.29, 0.717) is 11.9 Å². The lowest BCUT2D eigenvalue weighted by atomic mass is 10.1. The molecule has 19 heavy (non-hydrogen) atoms. The van der Waals surface area contributed by atoms with E-state index in [0.717, 1.165) is 42.0 Å². The van der Waals surface area contributed by atoms with Crippen molar-refractivity contribution in [2.75, 3.05) is 24.7 Å². The van der Waals surface area contributed by atoms with Crippen LogP contribution >= 0.6 is 11.6 Å². The van der Waals surface area contributed by atoms with E-state index in [1.165, 1.54) is 0 Å². The molecule has 1 aliphatic heterocycles. The molecule has 1 aromatic heterocycles. The third-order valence-corrected chi connectivity index (χ3v) is 3.85. The van der Waals surface area contributed by atoms with E-state index in [4.69, 9.17) is 21.3 Å². The van der Waals surface area contributed by atoms with Crippen molar-refractivity contribution in [3.05, 3.63) is 35.9 Å². The average Bonchev–Trinajstić information content (AvgIpc) is 2.46. The monoisotopic (exact) mass is 276 g/mol. The van der Waals surface area contributed by atoms with Gasteiger partial charge in [-0.05, 0) is 19.1 Å². The Morgan fingerprint density at radius 3 is 3.05 bits per heavy atom. The van der Waals surface area contributed by atoms with Crippen molar-refractivity contribution < 1.29 is 4.74 Å². The predicted octanol–water partition coefficient (Wildman–Crippen LogP) is 3.20. The first kappa shape index (κ1) is 12.7. The van der Waals surface area contributed by atoms with Crippen molar-refractivity contribution in [2.45, 2.75) is 18.8 Å². The predicted molar refractivity (Wildman–Crippen MR) is 78.9 cm³/mol. The fourth-order valence-corrected chi connectivity index (χ4v) is 2.74.